The van der Waals surface area contributed by atoms with Crippen LogP contribution in [0.2, 0.25) is 0 Å². The molecular formula is C10H14F3N3. The molecule has 0 saturated heterocycles. The van der Waals surface area contributed by atoms with Crippen molar-refractivity contribution < 1.29 is 13.2 Å². The molecule has 1 aromatic rings. The van der Waals surface area contributed by atoms with Gasteiger partial charge in [0.25, 0.3) is 0 Å². The van der Waals surface area contributed by atoms with Crippen molar-refractivity contribution in [1.82, 2.24) is 4.98 Å². The molecular weight excluding hydrogens is 219 g/mol. The summed E-state index contributed by atoms with van der Waals surface area (Å²) in [6.07, 6.45) is -4.41. The minimum absolute atomic E-state index is 0.125. The molecule has 0 radical (unpaired) electrons. The SMILES string of the molecule is CC(C)(C)Nc1cc(C(F)(F)F)cc(N)n1. The maximum absolute atomic E-state index is 12.5. The summed E-state index contributed by atoms with van der Waals surface area (Å²) >= 11 is 0. The molecule has 1 aromatic heterocycles. The van der Waals surface area contributed by atoms with Gasteiger partial charge in [0, 0.05) is 5.54 Å². The first kappa shape index (κ1) is 12.6. The van der Waals surface area contributed by atoms with Gasteiger partial charge in [-0.1, -0.05) is 0 Å². The van der Waals surface area contributed by atoms with Crippen molar-refractivity contribution in [2.45, 2.75) is 32.5 Å². The smallest absolute Gasteiger partial charge is 0.384 e. The molecule has 0 saturated carbocycles. The molecule has 3 nitrogen and oxygen atoms in total. The van der Waals surface area contributed by atoms with Crippen LogP contribution in [-0.2, 0) is 6.18 Å². The molecule has 6 heteroatoms. The largest absolute Gasteiger partial charge is 0.416 e. The Labute approximate surface area is 91.9 Å². The zero-order valence-electron chi connectivity index (χ0n) is 9.31. The van der Waals surface area contributed by atoms with E-state index in [-0.39, 0.29) is 17.2 Å². The van der Waals surface area contributed by atoms with Gasteiger partial charge in [0.15, 0.2) is 0 Å². The number of hydrogen-bond acceptors (Lipinski definition) is 3. The molecule has 0 spiro atoms. The summed E-state index contributed by atoms with van der Waals surface area (Å²) in [5.74, 6) is -0.0265. The minimum atomic E-state index is -4.41. The van der Waals surface area contributed by atoms with Crippen LogP contribution >= 0.6 is 0 Å². The highest BCUT2D eigenvalue weighted by molar-refractivity contribution is 5.48. The molecule has 0 unspecified atom stereocenters. The predicted molar refractivity (Wildman–Crippen MR) is 57.0 cm³/mol. The van der Waals surface area contributed by atoms with E-state index in [1.54, 1.807) is 0 Å². The number of rotatable bonds is 1. The van der Waals surface area contributed by atoms with Crippen LogP contribution in [-0.4, -0.2) is 10.5 Å². The van der Waals surface area contributed by atoms with E-state index in [1.807, 2.05) is 20.8 Å². The minimum Gasteiger partial charge on any atom is -0.384 e. The lowest BCUT2D eigenvalue weighted by atomic mass is 10.1. The molecule has 0 aromatic carbocycles. The number of nitrogens with two attached hydrogens (primary N) is 1. The van der Waals surface area contributed by atoms with Gasteiger partial charge in [0.2, 0.25) is 0 Å². The van der Waals surface area contributed by atoms with E-state index in [4.69, 9.17) is 5.73 Å². The zero-order chi connectivity index (χ0) is 12.6. The van der Waals surface area contributed by atoms with Crippen molar-refractivity contribution in [3.8, 4) is 0 Å². The Morgan fingerprint density at radius 2 is 1.75 bits per heavy atom. The molecule has 1 heterocycles. The first-order chi connectivity index (χ1) is 7.08. The second-order valence-electron chi connectivity index (χ2n) is 4.54. The molecule has 0 bridgehead atoms. The number of pyridine rings is 1. The van der Waals surface area contributed by atoms with E-state index in [0.717, 1.165) is 12.1 Å². The summed E-state index contributed by atoms with van der Waals surface area (Å²) in [4.78, 5) is 3.80. The molecule has 0 aliphatic carbocycles. The van der Waals surface area contributed by atoms with Crippen LogP contribution in [0.3, 0.4) is 0 Å². The van der Waals surface area contributed by atoms with E-state index in [2.05, 4.69) is 10.3 Å². The van der Waals surface area contributed by atoms with Crippen molar-refractivity contribution in [1.29, 1.82) is 0 Å². The van der Waals surface area contributed by atoms with Crippen molar-refractivity contribution >= 4 is 11.6 Å². The molecule has 0 amide bonds. The van der Waals surface area contributed by atoms with E-state index in [1.165, 1.54) is 0 Å². The maximum atomic E-state index is 12.5. The first-order valence-electron chi connectivity index (χ1n) is 4.71. The van der Waals surface area contributed by atoms with Gasteiger partial charge >= 0.3 is 6.18 Å². The van der Waals surface area contributed by atoms with Gasteiger partial charge in [-0.25, -0.2) is 4.98 Å². The van der Waals surface area contributed by atoms with Crippen molar-refractivity contribution in [3.63, 3.8) is 0 Å². The molecule has 0 aliphatic heterocycles. The Morgan fingerprint density at radius 1 is 1.19 bits per heavy atom. The molecule has 0 aliphatic rings. The van der Waals surface area contributed by atoms with Gasteiger partial charge in [-0.05, 0) is 32.9 Å². The van der Waals surface area contributed by atoms with Gasteiger partial charge in [0.05, 0.1) is 5.56 Å². The van der Waals surface area contributed by atoms with Gasteiger partial charge in [-0.15, -0.1) is 0 Å². The van der Waals surface area contributed by atoms with Crippen LogP contribution in [0.4, 0.5) is 24.8 Å². The van der Waals surface area contributed by atoms with Crippen LogP contribution in [0.15, 0.2) is 12.1 Å². The first-order valence-corrected chi connectivity index (χ1v) is 4.71. The Bertz CT molecular complexity index is 380. The van der Waals surface area contributed by atoms with Gasteiger partial charge in [0.1, 0.15) is 11.6 Å². The topological polar surface area (TPSA) is 50.9 Å². The monoisotopic (exact) mass is 233 g/mol. The summed E-state index contributed by atoms with van der Waals surface area (Å²) in [5, 5.41) is 2.84. The lowest BCUT2D eigenvalue weighted by Gasteiger charge is -2.22. The summed E-state index contributed by atoms with van der Waals surface area (Å²) in [5.41, 5.74) is 4.15. The van der Waals surface area contributed by atoms with E-state index in [9.17, 15) is 13.2 Å². The second-order valence-corrected chi connectivity index (χ2v) is 4.54. The highest BCUT2D eigenvalue weighted by Gasteiger charge is 2.31. The Kier molecular flexibility index (Phi) is 3.03. The van der Waals surface area contributed by atoms with Crippen LogP contribution in [0.1, 0.15) is 26.3 Å². The zero-order valence-corrected chi connectivity index (χ0v) is 9.31. The number of hydrogen-bond donors (Lipinski definition) is 2. The molecule has 0 atom stereocenters. The van der Waals surface area contributed by atoms with Crippen LogP contribution in [0, 0.1) is 0 Å². The third kappa shape index (κ3) is 3.60. The van der Waals surface area contributed by atoms with Crippen LogP contribution < -0.4 is 11.1 Å². The van der Waals surface area contributed by atoms with Crippen molar-refractivity contribution in [2.24, 2.45) is 0 Å². The Balaban J connectivity index is 3.09. The lowest BCUT2D eigenvalue weighted by Crippen LogP contribution is -2.27. The van der Waals surface area contributed by atoms with Gasteiger partial charge in [-0.2, -0.15) is 13.2 Å². The summed E-state index contributed by atoms with van der Waals surface area (Å²) in [7, 11) is 0. The third-order valence-electron chi connectivity index (χ3n) is 1.68. The quantitative estimate of drug-likeness (QED) is 0.784. The number of nitrogen functional groups attached to an aromatic ring is 1. The highest BCUT2D eigenvalue weighted by atomic mass is 19.4. The van der Waals surface area contributed by atoms with E-state index < -0.39 is 11.7 Å². The summed E-state index contributed by atoms with van der Waals surface area (Å²) in [6, 6.07) is 1.76. The number of halogens is 3. The lowest BCUT2D eigenvalue weighted by molar-refractivity contribution is -0.137. The summed E-state index contributed by atoms with van der Waals surface area (Å²) < 4.78 is 37.4. The number of anilines is 2. The maximum Gasteiger partial charge on any atom is 0.416 e. The number of alkyl halides is 3. The fraction of sp³-hybridized carbons (Fsp3) is 0.500. The van der Waals surface area contributed by atoms with E-state index >= 15 is 0 Å². The number of nitrogens with one attached hydrogen (secondary N) is 1. The fourth-order valence-corrected chi connectivity index (χ4v) is 1.16. The van der Waals surface area contributed by atoms with E-state index in [0.29, 0.717) is 0 Å². The Hall–Kier alpha value is -1.46. The predicted octanol–water partition coefficient (Wildman–Crippen LogP) is 2.89. The van der Waals surface area contributed by atoms with Crippen molar-refractivity contribution in [3.05, 3.63) is 17.7 Å². The number of nitrogens with zero attached hydrogens (tertiary/aromatic N) is 1. The van der Waals surface area contributed by atoms with Crippen molar-refractivity contribution in [2.75, 3.05) is 11.1 Å². The van der Waals surface area contributed by atoms with Crippen LogP contribution in [0.25, 0.3) is 0 Å². The fourth-order valence-electron chi connectivity index (χ4n) is 1.16. The summed E-state index contributed by atoms with van der Waals surface area (Å²) in [6.45, 7) is 5.47. The molecule has 16 heavy (non-hydrogen) atoms. The second kappa shape index (κ2) is 3.84. The standard InChI is InChI=1S/C10H14F3N3/c1-9(2,3)16-8-5-6(10(11,12)13)4-7(14)15-8/h4-5H,1-3H3,(H3,14,15,16). The molecule has 1 rings (SSSR count). The average molecular weight is 233 g/mol. The van der Waals surface area contributed by atoms with Gasteiger partial charge in [-0.3, -0.25) is 0 Å². The van der Waals surface area contributed by atoms with Gasteiger partial charge < -0.3 is 11.1 Å². The normalized spacial score (nSPS) is 12.6. The third-order valence-corrected chi connectivity index (χ3v) is 1.68. The molecule has 90 valence electrons. The van der Waals surface area contributed by atoms with Crippen LogP contribution in [0.5, 0.6) is 0 Å². The average Bonchev–Trinajstić information content (AvgIpc) is 1.97. The Morgan fingerprint density at radius 3 is 2.19 bits per heavy atom. The molecule has 3 N–H and O–H groups in total. The molecule has 0 fully saturated rings. The highest BCUT2D eigenvalue weighted by Crippen LogP contribution is 2.31. The number of aromatic nitrogens is 1.